The zero-order valence-corrected chi connectivity index (χ0v) is 11.9. The SMILES string of the molecule is CC[C@H](C)[C@H](NC(N)=O)C(=O)OC(C)(C)C.Cl. The summed E-state index contributed by atoms with van der Waals surface area (Å²) in [5.41, 5.74) is 4.46. The molecule has 3 N–H and O–H groups in total. The van der Waals surface area contributed by atoms with Crippen LogP contribution in [0.25, 0.3) is 0 Å². The van der Waals surface area contributed by atoms with Crippen LogP contribution in [0.15, 0.2) is 0 Å². The van der Waals surface area contributed by atoms with E-state index >= 15 is 0 Å². The van der Waals surface area contributed by atoms with Gasteiger partial charge in [0.2, 0.25) is 0 Å². The Labute approximate surface area is 109 Å². The van der Waals surface area contributed by atoms with Gasteiger partial charge in [-0.2, -0.15) is 0 Å². The highest BCUT2D eigenvalue weighted by Gasteiger charge is 2.29. The first-order valence-corrected chi connectivity index (χ1v) is 5.46. The highest BCUT2D eigenvalue weighted by Crippen LogP contribution is 2.14. The number of urea groups is 1. The monoisotopic (exact) mass is 266 g/mol. The number of halogens is 1. The highest BCUT2D eigenvalue weighted by molar-refractivity contribution is 5.85. The standard InChI is InChI=1S/C11H22N2O3.ClH/c1-6-7(2)8(13-10(12)15)9(14)16-11(3,4)5;/h7-8H,6H2,1-5H3,(H3,12,13,15);1H/t7-,8-;/m0./s1. The van der Waals surface area contributed by atoms with Crippen LogP contribution in [-0.2, 0) is 9.53 Å². The number of primary amides is 1. The van der Waals surface area contributed by atoms with E-state index < -0.39 is 23.6 Å². The molecule has 2 atom stereocenters. The predicted molar refractivity (Wildman–Crippen MR) is 69.1 cm³/mol. The molecule has 0 bridgehead atoms. The Balaban J connectivity index is 0. The summed E-state index contributed by atoms with van der Waals surface area (Å²) in [6, 6.07) is -1.39. The number of rotatable bonds is 4. The van der Waals surface area contributed by atoms with Crippen LogP contribution in [0.5, 0.6) is 0 Å². The van der Waals surface area contributed by atoms with Crippen molar-refractivity contribution in [1.82, 2.24) is 5.32 Å². The van der Waals surface area contributed by atoms with Crippen molar-refractivity contribution >= 4 is 24.4 Å². The summed E-state index contributed by atoms with van der Waals surface area (Å²) in [6.07, 6.45) is 0.754. The van der Waals surface area contributed by atoms with Gasteiger partial charge in [-0.3, -0.25) is 0 Å². The van der Waals surface area contributed by atoms with E-state index in [1.165, 1.54) is 0 Å². The van der Waals surface area contributed by atoms with Gasteiger partial charge in [0.05, 0.1) is 0 Å². The Bertz CT molecular complexity index is 264. The van der Waals surface area contributed by atoms with E-state index in [0.717, 1.165) is 6.42 Å². The molecule has 0 aliphatic rings. The Morgan fingerprint density at radius 2 is 1.82 bits per heavy atom. The molecule has 17 heavy (non-hydrogen) atoms. The fourth-order valence-corrected chi connectivity index (χ4v) is 1.19. The van der Waals surface area contributed by atoms with Crippen molar-refractivity contribution in [2.75, 3.05) is 0 Å². The molecule has 0 aliphatic heterocycles. The van der Waals surface area contributed by atoms with Crippen molar-refractivity contribution in [2.24, 2.45) is 11.7 Å². The average molecular weight is 267 g/mol. The van der Waals surface area contributed by atoms with Gasteiger partial charge in [0, 0.05) is 0 Å². The molecular formula is C11H23ClN2O3. The molecule has 0 unspecified atom stereocenters. The lowest BCUT2D eigenvalue weighted by Gasteiger charge is -2.27. The fraction of sp³-hybridized carbons (Fsp3) is 0.818. The first-order chi connectivity index (χ1) is 7.17. The number of carbonyl (C=O) groups excluding carboxylic acids is 2. The average Bonchev–Trinajstić information content (AvgIpc) is 2.09. The fourth-order valence-electron chi connectivity index (χ4n) is 1.19. The Morgan fingerprint density at radius 1 is 1.35 bits per heavy atom. The third-order valence-corrected chi connectivity index (χ3v) is 2.17. The lowest BCUT2D eigenvalue weighted by molar-refractivity contribution is -0.158. The molecule has 2 amide bonds. The number of ether oxygens (including phenoxy) is 1. The van der Waals surface area contributed by atoms with E-state index in [-0.39, 0.29) is 18.3 Å². The third-order valence-electron chi connectivity index (χ3n) is 2.17. The Hall–Kier alpha value is -0.970. The molecular weight excluding hydrogens is 244 g/mol. The van der Waals surface area contributed by atoms with Crippen molar-refractivity contribution in [3.05, 3.63) is 0 Å². The minimum Gasteiger partial charge on any atom is -0.458 e. The number of nitrogens with two attached hydrogens (primary N) is 1. The lowest BCUT2D eigenvalue weighted by Crippen LogP contribution is -2.49. The second-order valence-electron chi connectivity index (χ2n) is 4.91. The maximum atomic E-state index is 11.8. The number of hydrogen-bond acceptors (Lipinski definition) is 3. The molecule has 0 aromatic rings. The van der Waals surface area contributed by atoms with Gasteiger partial charge in [-0.1, -0.05) is 20.3 Å². The summed E-state index contributed by atoms with van der Waals surface area (Å²) < 4.78 is 5.21. The summed E-state index contributed by atoms with van der Waals surface area (Å²) in [6.45, 7) is 9.14. The zero-order chi connectivity index (χ0) is 12.9. The largest absolute Gasteiger partial charge is 0.458 e. The first-order valence-electron chi connectivity index (χ1n) is 5.46. The zero-order valence-electron chi connectivity index (χ0n) is 11.1. The van der Waals surface area contributed by atoms with Crippen LogP contribution < -0.4 is 11.1 Å². The van der Waals surface area contributed by atoms with Crippen molar-refractivity contribution in [1.29, 1.82) is 0 Å². The number of carbonyl (C=O) groups is 2. The summed E-state index contributed by atoms with van der Waals surface area (Å²) in [7, 11) is 0. The molecule has 0 radical (unpaired) electrons. The summed E-state index contributed by atoms with van der Waals surface area (Å²) in [5, 5.41) is 2.42. The molecule has 0 saturated carbocycles. The second-order valence-corrected chi connectivity index (χ2v) is 4.91. The topological polar surface area (TPSA) is 81.4 Å². The van der Waals surface area contributed by atoms with E-state index in [0.29, 0.717) is 0 Å². The van der Waals surface area contributed by atoms with E-state index in [1.807, 2.05) is 13.8 Å². The van der Waals surface area contributed by atoms with E-state index in [9.17, 15) is 9.59 Å². The van der Waals surface area contributed by atoms with E-state index in [1.54, 1.807) is 20.8 Å². The van der Waals surface area contributed by atoms with Gasteiger partial charge in [0.25, 0.3) is 0 Å². The number of hydrogen-bond donors (Lipinski definition) is 2. The maximum absolute atomic E-state index is 11.8. The van der Waals surface area contributed by atoms with Crippen LogP contribution in [0, 0.1) is 5.92 Å². The molecule has 5 nitrogen and oxygen atoms in total. The van der Waals surface area contributed by atoms with Crippen LogP contribution in [-0.4, -0.2) is 23.6 Å². The first kappa shape index (κ1) is 18.4. The molecule has 6 heteroatoms. The molecule has 0 aromatic carbocycles. The van der Waals surface area contributed by atoms with Crippen LogP contribution in [0.4, 0.5) is 4.79 Å². The molecule has 102 valence electrons. The quantitative estimate of drug-likeness (QED) is 0.762. The van der Waals surface area contributed by atoms with Gasteiger partial charge in [0.15, 0.2) is 0 Å². The Morgan fingerprint density at radius 3 is 2.12 bits per heavy atom. The van der Waals surface area contributed by atoms with Gasteiger partial charge < -0.3 is 15.8 Å². The molecule has 0 aliphatic carbocycles. The van der Waals surface area contributed by atoms with Crippen LogP contribution in [0.1, 0.15) is 41.0 Å². The van der Waals surface area contributed by atoms with Crippen molar-refractivity contribution in [2.45, 2.75) is 52.7 Å². The van der Waals surface area contributed by atoms with Gasteiger partial charge in [-0.15, -0.1) is 12.4 Å². The van der Waals surface area contributed by atoms with E-state index in [2.05, 4.69) is 5.32 Å². The molecule has 0 fully saturated rings. The minimum absolute atomic E-state index is 0. The van der Waals surface area contributed by atoms with Gasteiger partial charge in [0.1, 0.15) is 11.6 Å². The van der Waals surface area contributed by atoms with Crippen molar-refractivity contribution in [3.8, 4) is 0 Å². The van der Waals surface area contributed by atoms with Gasteiger partial charge in [-0.25, -0.2) is 9.59 Å². The molecule has 0 saturated heterocycles. The second kappa shape index (κ2) is 7.37. The van der Waals surface area contributed by atoms with Crippen LogP contribution >= 0.6 is 12.4 Å². The maximum Gasteiger partial charge on any atom is 0.329 e. The normalized spacial score (nSPS) is 14.2. The molecule has 0 spiro atoms. The van der Waals surface area contributed by atoms with Crippen LogP contribution in [0.3, 0.4) is 0 Å². The number of esters is 1. The van der Waals surface area contributed by atoms with Gasteiger partial charge >= 0.3 is 12.0 Å². The predicted octanol–water partition coefficient (Wildman–Crippen LogP) is 1.83. The van der Waals surface area contributed by atoms with Crippen molar-refractivity contribution < 1.29 is 14.3 Å². The lowest BCUT2D eigenvalue weighted by atomic mass is 9.99. The minimum atomic E-state index is -0.712. The highest BCUT2D eigenvalue weighted by atomic mass is 35.5. The molecule has 0 rings (SSSR count). The van der Waals surface area contributed by atoms with Crippen molar-refractivity contribution in [3.63, 3.8) is 0 Å². The summed E-state index contributed by atoms with van der Waals surface area (Å²) in [4.78, 5) is 22.6. The van der Waals surface area contributed by atoms with Gasteiger partial charge in [-0.05, 0) is 26.7 Å². The summed E-state index contributed by atoms with van der Waals surface area (Å²) >= 11 is 0. The molecule has 0 heterocycles. The van der Waals surface area contributed by atoms with E-state index in [4.69, 9.17) is 10.5 Å². The third kappa shape index (κ3) is 7.85. The smallest absolute Gasteiger partial charge is 0.329 e. The van der Waals surface area contributed by atoms with Crippen LogP contribution in [0.2, 0.25) is 0 Å². The molecule has 0 aromatic heterocycles. The Kier molecular flexibility index (Phi) is 7.98. The summed E-state index contributed by atoms with van der Waals surface area (Å²) in [5.74, 6) is -0.456. The number of amides is 2. The number of nitrogens with one attached hydrogen (secondary N) is 1.